The van der Waals surface area contributed by atoms with E-state index in [2.05, 4.69) is 15.0 Å². The van der Waals surface area contributed by atoms with Crippen LogP contribution in [0.25, 0.3) is 0 Å². The fraction of sp³-hybridized carbons (Fsp3) is 0.200. The SMILES string of the molecule is COC(=O)c1ccc(CNc2cc(Cl)c(C)cc2Cl)nc1. The predicted octanol–water partition coefficient (Wildman–Crippen LogP) is 4.10. The molecular formula is C15H14Cl2N2O2. The number of nitrogens with one attached hydrogen (secondary N) is 1. The number of halogens is 2. The van der Waals surface area contributed by atoms with Crippen LogP contribution in [0.2, 0.25) is 10.0 Å². The Balaban J connectivity index is 2.06. The van der Waals surface area contributed by atoms with E-state index >= 15 is 0 Å². The number of carbonyl (C=O) groups is 1. The minimum atomic E-state index is -0.407. The Labute approximate surface area is 133 Å². The number of aromatic nitrogens is 1. The molecule has 0 aliphatic carbocycles. The van der Waals surface area contributed by atoms with E-state index in [1.165, 1.54) is 13.3 Å². The topological polar surface area (TPSA) is 51.2 Å². The number of aryl methyl sites for hydroxylation is 1. The molecule has 1 aromatic heterocycles. The lowest BCUT2D eigenvalue weighted by atomic mass is 10.2. The molecule has 6 heteroatoms. The van der Waals surface area contributed by atoms with Crippen molar-refractivity contribution in [2.24, 2.45) is 0 Å². The summed E-state index contributed by atoms with van der Waals surface area (Å²) >= 11 is 12.2. The van der Waals surface area contributed by atoms with Crippen molar-refractivity contribution in [2.75, 3.05) is 12.4 Å². The molecule has 0 aliphatic rings. The van der Waals surface area contributed by atoms with Crippen LogP contribution in [0.1, 0.15) is 21.6 Å². The van der Waals surface area contributed by atoms with Crippen molar-refractivity contribution in [3.8, 4) is 0 Å². The van der Waals surface area contributed by atoms with E-state index in [9.17, 15) is 4.79 Å². The largest absolute Gasteiger partial charge is 0.465 e. The molecule has 0 saturated carbocycles. The third-order valence-corrected chi connectivity index (χ3v) is 3.67. The monoisotopic (exact) mass is 324 g/mol. The molecule has 0 atom stereocenters. The van der Waals surface area contributed by atoms with Gasteiger partial charge >= 0.3 is 5.97 Å². The fourth-order valence-corrected chi connectivity index (χ4v) is 2.18. The first-order valence-corrected chi connectivity index (χ1v) is 6.99. The summed E-state index contributed by atoms with van der Waals surface area (Å²) in [6.45, 7) is 2.37. The maximum Gasteiger partial charge on any atom is 0.339 e. The highest BCUT2D eigenvalue weighted by Crippen LogP contribution is 2.29. The first-order chi connectivity index (χ1) is 10.0. The Morgan fingerprint density at radius 1 is 1.29 bits per heavy atom. The van der Waals surface area contributed by atoms with Crippen molar-refractivity contribution in [1.29, 1.82) is 0 Å². The number of nitrogens with zero attached hydrogens (tertiary/aromatic N) is 1. The van der Waals surface area contributed by atoms with Crippen LogP contribution in [-0.2, 0) is 11.3 Å². The first-order valence-electron chi connectivity index (χ1n) is 6.24. The Bertz CT molecular complexity index is 657. The van der Waals surface area contributed by atoms with Gasteiger partial charge in [-0.25, -0.2) is 4.79 Å². The number of methoxy groups -OCH3 is 1. The summed E-state index contributed by atoms with van der Waals surface area (Å²) in [5, 5.41) is 4.41. The second kappa shape index (κ2) is 6.78. The molecule has 1 heterocycles. The smallest absolute Gasteiger partial charge is 0.339 e. The second-order valence-electron chi connectivity index (χ2n) is 4.46. The van der Waals surface area contributed by atoms with Crippen LogP contribution < -0.4 is 5.32 Å². The van der Waals surface area contributed by atoms with Crippen molar-refractivity contribution < 1.29 is 9.53 Å². The van der Waals surface area contributed by atoms with Crippen LogP contribution in [0.15, 0.2) is 30.5 Å². The van der Waals surface area contributed by atoms with Gasteiger partial charge in [0.25, 0.3) is 0 Å². The number of hydrogen-bond acceptors (Lipinski definition) is 4. The van der Waals surface area contributed by atoms with Gasteiger partial charge in [-0.3, -0.25) is 4.98 Å². The molecular weight excluding hydrogens is 311 g/mol. The molecule has 0 bridgehead atoms. The number of pyridine rings is 1. The molecule has 0 amide bonds. The minimum Gasteiger partial charge on any atom is -0.465 e. The van der Waals surface area contributed by atoms with E-state index in [4.69, 9.17) is 23.2 Å². The van der Waals surface area contributed by atoms with Crippen LogP contribution in [0, 0.1) is 6.92 Å². The number of ether oxygens (including phenoxy) is 1. The third kappa shape index (κ3) is 3.86. The minimum absolute atomic E-state index is 0.407. The van der Waals surface area contributed by atoms with Gasteiger partial charge in [0, 0.05) is 11.2 Å². The molecule has 0 radical (unpaired) electrons. The highest BCUT2D eigenvalue weighted by atomic mass is 35.5. The summed E-state index contributed by atoms with van der Waals surface area (Å²) in [5.41, 5.74) is 2.85. The molecule has 0 saturated heterocycles. The number of hydrogen-bond donors (Lipinski definition) is 1. The van der Waals surface area contributed by atoms with Crippen molar-refractivity contribution in [1.82, 2.24) is 4.98 Å². The highest BCUT2D eigenvalue weighted by Gasteiger charge is 2.07. The average Bonchev–Trinajstić information content (AvgIpc) is 2.49. The Morgan fingerprint density at radius 3 is 2.67 bits per heavy atom. The van der Waals surface area contributed by atoms with Crippen molar-refractivity contribution in [3.05, 3.63) is 57.3 Å². The standard InChI is InChI=1S/C15H14Cl2N2O2/c1-9-5-13(17)14(6-12(9)16)19-8-11-4-3-10(7-18-11)15(20)21-2/h3-7,19H,8H2,1-2H3. The first kappa shape index (κ1) is 15.6. The molecule has 0 unspecified atom stereocenters. The zero-order valence-corrected chi connectivity index (χ0v) is 13.1. The lowest BCUT2D eigenvalue weighted by Gasteiger charge is -2.10. The molecule has 0 aliphatic heterocycles. The van der Waals surface area contributed by atoms with Gasteiger partial charge in [-0.15, -0.1) is 0 Å². The quantitative estimate of drug-likeness (QED) is 0.860. The van der Waals surface area contributed by atoms with Crippen molar-refractivity contribution >= 4 is 34.9 Å². The predicted molar refractivity (Wildman–Crippen MR) is 84.1 cm³/mol. The lowest BCUT2D eigenvalue weighted by Crippen LogP contribution is -2.05. The molecule has 21 heavy (non-hydrogen) atoms. The molecule has 2 rings (SSSR count). The summed E-state index contributed by atoms with van der Waals surface area (Å²) in [7, 11) is 1.33. The van der Waals surface area contributed by atoms with E-state index in [-0.39, 0.29) is 0 Å². The zero-order valence-electron chi connectivity index (χ0n) is 11.6. The van der Waals surface area contributed by atoms with Crippen LogP contribution in [0.5, 0.6) is 0 Å². The van der Waals surface area contributed by atoms with Crippen LogP contribution in [0.3, 0.4) is 0 Å². The Morgan fingerprint density at radius 2 is 2.05 bits per heavy atom. The molecule has 1 N–H and O–H groups in total. The van der Waals surface area contributed by atoms with Gasteiger partial charge in [0.2, 0.25) is 0 Å². The van der Waals surface area contributed by atoms with Gasteiger partial charge in [0.1, 0.15) is 0 Å². The maximum absolute atomic E-state index is 11.3. The van der Waals surface area contributed by atoms with Gasteiger partial charge in [-0.1, -0.05) is 23.2 Å². The number of esters is 1. The molecule has 0 fully saturated rings. The summed E-state index contributed by atoms with van der Waals surface area (Å²) in [6, 6.07) is 7.00. The molecule has 110 valence electrons. The normalized spacial score (nSPS) is 10.3. The number of rotatable bonds is 4. The van der Waals surface area contributed by atoms with E-state index < -0.39 is 5.97 Å². The number of carbonyl (C=O) groups excluding carboxylic acids is 1. The second-order valence-corrected chi connectivity index (χ2v) is 5.28. The molecule has 2 aromatic rings. The van der Waals surface area contributed by atoms with Gasteiger partial charge in [0.15, 0.2) is 0 Å². The van der Waals surface area contributed by atoms with Crippen LogP contribution >= 0.6 is 23.2 Å². The Kier molecular flexibility index (Phi) is 5.04. The molecule has 4 nitrogen and oxygen atoms in total. The van der Waals surface area contributed by atoms with E-state index in [0.717, 1.165) is 16.9 Å². The van der Waals surface area contributed by atoms with Crippen LogP contribution in [0.4, 0.5) is 5.69 Å². The zero-order chi connectivity index (χ0) is 15.4. The van der Waals surface area contributed by atoms with Gasteiger partial charge in [-0.05, 0) is 36.8 Å². The number of anilines is 1. The third-order valence-electron chi connectivity index (χ3n) is 2.95. The van der Waals surface area contributed by atoms with Gasteiger partial charge in [0.05, 0.1) is 35.6 Å². The van der Waals surface area contributed by atoms with Crippen LogP contribution in [-0.4, -0.2) is 18.1 Å². The molecule has 1 aromatic carbocycles. The van der Waals surface area contributed by atoms with E-state index in [0.29, 0.717) is 22.2 Å². The summed E-state index contributed by atoms with van der Waals surface area (Å²) < 4.78 is 4.62. The van der Waals surface area contributed by atoms with Gasteiger partial charge in [-0.2, -0.15) is 0 Å². The summed E-state index contributed by atoms with van der Waals surface area (Å²) in [5.74, 6) is -0.407. The Hall–Kier alpha value is -1.78. The number of benzene rings is 1. The van der Waals surface area contributed by atoms with E-state index in [1.54, 1.807) is 24.3 Å². The van der Waals surface area contributed by atoms with Crippen molar-refractivity contribution in [2.45, 2.75) is 13.5 Å². The summed E-state index contributed by atoms with van der Waals surface area (Å²) in [6.07, 6.45) is 1.48. The lowest BCUT2D eigenvalue weighted by molar-refractivity contribution is 0.0600. The highest BCUT2D eigenvalue weighted by molar-refractivity contribution is 6.35. The van der Waals surface area contributed by atoms with E-state index in [1.807, 2.05) is 6.92 Å². The maximum atomic E-state index is 11.3. The fourth-order valence-electron chi connectivity index (χ4n) is 1.74. The van der Waals surface area contributed by atoms with Crippen molar-refractivity contribution in [3.63, 3.8) is 0 Å². The average molecular weight is 325 g/mol. The summed E-state index contributed by atoms with van der Waals surface area (Å²) in [4.78, 5) is 15.5. The molecule has 0 spiro atoms. The van der Waals surface area contributed by atoms with Gasteiger partial charge < -0.3 is 10.1 Å².